The molecule has 0 aliphatic carbocycles. The standard InChI is InChI=1S/C16H19N3O4/c20-11-12-9-13(21)16(22)14(23-12)10-18-5-7-19(8-6-18)15-3-1-2-4-17-15/h1-4,9,20,22H,5-8,10-11H2/p+2. The summed E-state index contributed by atoms with van der Waals surface area (Å²) in [6, 6.07) is 7.11. The van der Waals surface area contributed by atoms with Crippen molar-refractivity contribution in [3.63, 3.8) is 0 Å². The van der Waals surface area contributed by atoms with Gasteiger partial charge in [0.1, 0.15) is 45.1 Å². The molecule has 3 rings (SSSR count). The van der Waals surface area contributed by atoms with Crippen LogP contribution in [0, 0.1) is 0 Å². The lowest BCUT2D eigenvalue weighted by Gasteiger charge is -2.28. The van der Waals surface area contributed by atoms with Crippen molar-refractivity contribution < 1.29 is 24.5 Å². The Labute approximate surface area is 133 Å². The summed E-state index contributed by atoms with van der Waals surface area (Å²) in [6.07, 6.45) is 1.90. The van der Waals surface area contributed by atoms with Crippen LogP contribution in [-0.2, 0) is 13.2 Å². The summed E-state index contributed by atoms with van der Waals surface area (Å²) >= 11 is 0. The molecule has 2 aromatic rings. The number of aromatic nitrogens is 1. The molecule has 0 unspecified atom stereocenters. The molecule has 1 aliphatic rings. The molecule has 7 nitrogen and oxygen atoms in total. The van der Waals surface area contributed by atoms with E-state index in [1.165, 1.54) is 4.90 Å². The number of H-pyrrole nitrogens is 1. The van der Waals surface area contributed by atoms with E-state index in [4.69, 9.17) is 9.52 Å². The van der Waals surface area contributed by atoms with Gasteiger partial charge in [-0.1, -0.05) is 6.07 Å². The smallest absolute Gasteiger partial charge is 0.274 e. The number of rotatable bonds is 4. The van der Waals surface area contributed by atoms with E-state index in [9.17, 15) is 9.90 Å². The molecule has 1 aliphatic heterocycles. The zero-order valence-electron chi connectivity index (χ0n) is 12.8. The van der Waals surface area contributed by atoms with Gasteiger partial charge in [0.05, 0.1) is 6.20 Å². The molecule has 0 atom stereocenters. The maximum absolute atomic E-state index is 11.7. The minimum atomic E-state index is -0.507. The summed E-state index contributed by atoms with van der Waals surface area (Å²) in [7, 11) is 0. The van der Waals surface area contributed by atoms with E-state index in [2.05, 4.69) is 9.88 Å². The van der Waals surface area contributed by atoms with Crippen LogP contribution in [0.15, 0.2) is 39.7 Å². The Morgan fingerprint density at radius 2 is 2.09 bits per heavy atom. The van der Waals surface area contributed by atoms with Crippen LogP contribution in [0.25, 0.3) is 0 Å². The summed E-state index contributed by atoms with van der Waals surface area (Å²) in [6.45, 7) is 3.57. The predicted molar refractivity (Wildman–Crippen MR) is 82.2 cm³/mol. The first-order chi connectivity index (χ1) is 11.2. The molecule has 0 bridgehead atoms. The number of hydrogen-bond donors (Lipinski definition) is 3. The highest BCUT2D eigenvalue weighted by molar-refractivity contribution is 5.32. The maximum atomic E-state index is 11.7. The number of nitrogens with one attached hydrogen (secondary N) is 2. The van der Waals surface area contributed by atoms with Gasteiger partial charge in [0.15, 0.2) is 0 Å². The fraction of sp³-hybridized carbons (Fsp3) is 0.375. The second-order valence-electron chi connectivity index (χ2n) is 5.67. The molecule has 4 N–H and O–H groups in total. The first-order valence-electron chi connectivity index (χ1n) is 7.68. The van der Waals surface area contributed by atoms with E-state index in [-0.39, 0.29) is 23.9 Å². The highest BCUT2D eigenvalue weighted by atomic mass is 16.4. The van der Waals surface area contributed by atoms with Crippen molar-refractivity contribution in [3.8, 4) is 5.75 Å². The molecular formula is C16H21N3O4+2. The fourth-order valence-electron chi connectivity index (χ4n) is 2.83. The van der Waals surface area contributed by atoms with Crippen LogP contribution >= 0.6 is 0 Å². The molecule has 122 valence electrons. The second-order valence-corrected chi connectivity index (χ2v) is 5.67. The second kappa shape index (κ2) is 6.80. The monoisotopic (exact) mass is 319 g/mol. The molecule has 3 heterocycles. The van der Waals surface area contributed by atoms with Crippen LogP contribution in [0.5, 0.6) is 5.75 Å². The number of pyridine rings is 1. The van der Waals surface area contributed by atoms with Crippen LogP contribution in [0.2, 0.25) is 0 Å². The van der Waals surface area contributed by atoms with E-state index < -0.39 is 5.43 Å². The van der Waals surface area contributed by atoms with Gasteiger partial charge in [-0.3, -0.25) is 9.69 Å². The molecular weight excluding hydrogens is 298 g/mol. The first kappa shape index (κ1) is 15.5. The van der Waals surface area contributed by atoms with Gasteiger partial charge in [0.25, 0.3) is 5.82 Å². The van der Waals surface area contributed by atoms with Crippen LogP contribution in [0.4, 0.5) is 5.82 Å². The third kappa shape index (κ3) is 3.52. The zero-order chi connectivity index (χ0) is 16.2. The molecule has 2 aromatic heterocycles. The average molecular weight is 319 g/mol. The van der Waals surface area contributed by atoms with Crippen molar-refractivity contribution in [1.82, 2.24) is 0 Å². The van der Waals surface area contributed by atoms with Gasteiger partial charge in [-0.15, -0.1) is 0 Å². The van der Waals surface area contributed by atoms with Crippen molar-refractivity contribution in [3.05, 3.63) is 52.2 Å². The highest BCUT2D eigenvalue weighted by Gasteiger charge is 2.27. The highest BCUT2D eigenvalue weighted by Crippen LogP contribution is 2.13. The van der Waals surface area contributed by atoms with Gasteiger partial charge >= 0.3 is 0 Å². The van der Waals surface area contributed by atoms with E-state index in [0.717, 1.165) is 38.1 Å². The number of nitrogens with zero attached hydrogens (tertiary/aromatic N) is 1. The lowest BCUT2D eigenvalue weighted by molar-refractivity contribution is -0.915. The van der Waals surface area contributed by atoms with Gasteiger partial charge in [0.2, 0.25) is 16.9 Å². The fourth-order valence-corrected chi connectivity index (χ4v) is 2.83. The predicted octanol–water partition coefficient (Wildman–Crippen LogP) is -1.44. The Kier molecular flexibility index (Phi) is 4.59. The number of aromatic amines is 1. The van der Waals surface area contributed by atoms with E-state index in [1.54, 1.807) is 0 Å². The molecule has 7 heteroatoms. The zero-order valence-corrected chi connectivity index (χ0v) is 12.8. The Bertz CT molecular complexity index is 709. The number of aliphatic hydroxyl groups excluding tert-OH is 1. The Hall–Kier alpha value is -2.38. The maximum Gasteiger partial charge on any atom is 0.274 e. The molecule has 1 saturated heterocycles. The average Bonchev–Trinajstić information content (AvgIpc) is 2.60. The molecule has 0 radical (unpaired) electrons. The quantitative estimate of drug-likeness (QED) is 0.642. The number of aliphatic hydroxyl groups is 1. The third-order valence-corrected chi connectivity index (χ3v) is 4.11. The number of anilines is 1. The summed E-state index contributed by atoms with van der Waals surface area (Å²) in [5.41, 5.74) is -0.507. The summed E-state index contributed by atoms with van der Waals surface area (Å²) in [4.78, 5) is 18.4. The lowest BCUT2D eigenvalue weighted by atomic mass is 10.2. The molecule has 0 saturated carbocycles. The first-order valence-corrected chi connectivity index (χ1v) is 7.68. The lowest BCUT2D eigenvalue weighted by Crippen LogP contribution is -3.13. The third-order valence-electron chi connectivity index (χ3n) is 4.11. The van der Waals surface area contributed by atoms with Gasteiger partial charge < -0.3 is 19.5 Å². The van der Waals surface area contributed by atoms with Crippen LogP contribution < -0.4 is 20.2 Å². The SMILES string of the molecule is O=c1cc(CO)oc(C[NH+]2CCN(c3cccc[nH+]3)CC2)c1O. The van der Waals surface area contributed by atoms with Crippen molar-refractivity contribution in [2.75, 3.05) is 31.1 Å². The Morgan fingerprint density at radius 1 is 1.30 bits per heavy atom. The van der Waals surface area contributed by atoms with Crippen LogP contribution in [0.1, 0.15) is 11.5 Å². The summed E-state index contributed by atoms with van der Waals surface area (Å²) < 4.78 is 5.41. The topological polar surface area (TPSA) is 92.5 Å². The van der Waals surface area contributed by atoms with E-state index >= 15 is 0 Å². The van der Waals surface area contributed by atoms with Gasteiger partial charge in [0, 0.05) is 12.1 Å². The molecule has 0 aromatic carbocycles. The van der Waals surface area contributed by atoms with Gasteiger partial charge in [-0.25, -0.2) is 4.98 Å². The van der Waals surface area contributed by atoms with Crippen LogP contribution in [-0.4, -0.2) is 36.4 Å². The Morgan fingerprint density at radius 3 is 2.74 bits per heavy atom. The molecule has 23 heavy (non-hydrogen) atoms. The minimum absolute atomic E-state index is 0.180. The van der Waals surface area contributed by atoms with E-state index in [1.807, 2.05) is 24.4 Å². The summed E-state index contributed by atoms with van der Waals surface area (Å²) in [5.74, 6) is 1.16. The Balaban J connectivity index is 1.65. The van der Waals surface area contributed by atoms with Crippen molar-refractivity contribution in [2.24, 2.45) is 0 Å². The van der Waals surface area contributed by atoms with Gasteiger partial charge in [-0.2, -0.15) is 0 Å². The van der Waals surface area contributed by atoms with Crippen molar-refractivity contribution in [2.45, 2.75) is 13.2 Å². The van der Waals surface area contributed by atoms with Crippen molar-refractivity contribution in [1.29, 1.82) is 0 Å². The minimum Gasteiger partial charge on any atom is -0.502 e. The molecule has 1 fully saturated rings. The number of quaternary nitrogens is 1. The van der Waals surface area contributed by atoms with Crippen LogP contribution in [0.3, 0.4) is 0 Å². The number of hydrogen-bond acceptors (Lipinski definition) is 5. The summed E-state index contributed by atoms with van der Waals surface area (Å²) in [5, 5.41) is 19.0. The van der Waals surface area contributed by atoms with Crippen molar-refractivity contribution >= 4 is 5.82 Å². The number of piperazine rings is 1. The number of aromatic hydroxyl groups is 1. The molecule has 0 amide bonds. The van der Waals surface area contributed by atoms with E-state index in [0.29, 0.717) is 6.54 Å². The van der Waals surface area contributed by atoms with Gasteiger partial charge in [-0.05, 0) is 6.07 Å². The molecule has 0 spiro atoms. The largest absolute Gasteiger partial charge is 0.502 e. The normalized spacial score (nSPS) is 15.8.